The van der Waals surface area contributed by atoms with Crippen LogP contribution in [0.2, 0.25) is 0 Å². The van der Waals surface area contributed by atoms with Gasteiger partial charge in [0.1, 0.15) is 5.70 Å². The number of aryl methyl sites for hydroxylation is 2. The van der Waals surface area contributed by atoms with Crippen molar-refractivity contribution in [2.24, 2.45) is 0 Å². The molecule has 0 saturated carbocycles. The average molecular weight is 467 g/mol. The van der Waals surface area contributed by atoms with Crippen molar-refractivity contribution >= 4 is 28.8 Å². The number of pyridine rings is 1. The first kappa shape index (κ1) is 22.8. The summed E-state index contributed by atoms with van der Waals surface area (Å²) in [5.41, 5.74) is 6.35. The molecule has 0 radical (unpaired) electrons. The minimum absolute atomic E-state index is 0.180. The number of aromatic nitrogens is 1. The van der Waals surface area contributed by atoms with E-state index in [0.717, 1.165) is 41.0 Å². The molecule has 0 unspecified atom stereocenters. The maximum Gasteiger partial charge on any atom is 0.278 e. The van der Waals surface area contributed by atoms with Gasteiger partial charge in [0.2, 0.25) is 0 Å². The number of nitrogens with one attached hydrogen (secondary N) is 1. The maximum absolute atomic E-state index is 13.6. The van der Waals surface area contributed by atoms with Gasteiger partial charge in [-0.3, -0.25) is 19.5 Å². The lowest BCUT2D eigenvalue weighted by Crippen LogP contribution is -2.32. The van der Waals surface area contributed by atoms with Crippen molar-refractivity contribution in [3.63, 3.8) is 0 Å². The second-order valence-corrected chi connectivity index (χ2v) is 9.35. The number of imide groups is 1. The largest absolute Gasteiger partial charge is 0.372 e. The van der Waals surface area contributed by atoms with E-state index < -0.39 is 0 Å². The van der Waals surface area contributed by atoms with Crippen molar-refractivity contribution in [3.8, 4) is 0 Å². The lowest BCUT2D eigenvalue weighted by atomic mass is 9.97. The van der Waals surface area contributed by atoms with Gasteiger partial charge in [0.05, 0.1) is 12.1 Å². The Balaban J connectivity index is 1.48. The Kier molecular flexibility index (Phi) is 6.36. The number of hydrogen-bond donors (Lipinski definition) is 1. The minimum Gasteiger partial charge on any atom is -0.372 e. The van der Waals surface area contributed by atoms with Crippen LogP contribution >= 0.6 is 0 Å². The van der Waals surface area contributed by atoms with Crippen LogP contribution in [-0.4, -0.2) is 34.8 Å². The Labute approximate surface area is 206 Å². The number of carbonyl (C=O) groups excluding carboxylic acids is 2. The molecular weight excluding hydrogens is 436 g/mol. The maximum atomic E-state index is 13.6. The molecule has 3 aromatic rings. The molecule has 1 aromatic heterocycles. The van der Waals surface area contributed by atoms with Gasteiger partial charge in [0, 0.05) is 36.9 Å². The zero-order valence-corrected chi connectivity index (χ0v) is 20.3. The highest BCUT2D eigenvalue weighted by Crippen LogP contribution is 2.34. The topological polar surface area (TPSA) is 65.5 Å². The third-order valence-electron chi connectivity index (χ3n) is 6.74. The van der Waals surface area contributed by atoms with E-state index >= 15 is 0 Å². The zero-order valence-electron chi connectivity index (χ0n) is 20.3. The van der Waals surface area contributed by atoms with Crippen LogP contribution in [0.25, 0.3) is 5.57 Å². The van der Waals surface area contributed by atoms with Gasteiger partial charge in [0.25, 0.3) is 11.8 Å². The number of benzene rings is 2. The number of piperidine rings is 1. The Bertz CT molecular complexity index is 1280. The zero-order chi connectivity index (χ0) is 24.4. The van der Waals surface area contributed by atoms with E-state index in [1.165, 1.54) is 29.8 Å². The Hall–Kier alpha value is -3.93. The molecule has 1 saturated heterocycles. The summed E-state index contributed by atoms with van der Waals surface area (Å²) in [6, 6.07) is 17.8. The molecule has 6 nitrogen and oxygen atoms in total. The molecule has 6 heteroatoms. The average Bonchev–Trinajstić information content (AvgIpc) is 3.10. The highest BCUT2D eigenvalue weighted by molar-refractivity contribution is 6.36. The van der Waals surface area contributed by atoms with Crippen LogP contribution < -0.4 is 10.2 Å². The molecule has 1 N–H and O–H groups in total. The molecule has 35 heavy (non-hydrogen) atoms. The van der Waals surface area contributed by atoms with E-state index in [0.29, 0.717) is 11.3 Å². The van der Waals surface area contributed by atoms with Crippen molar-refractivity contribution < 1.29 is 9.59 Å². The second kappa shape index (κ2) is 9.74. The summed E-state index contributed by atoms with van der Waals surface area (Å²) in [7, 11) is 0. The van der Waals surface area contributed by atoms with Gasteiger partial charge in [-0.1, -0.05) is 29.8 Å². The van der Waals surface area contributed by atoms with Gasteiger partial charge in [-0.2, -0.15) is 0 Å². The van der Waals surface area contributed by atoms with Crippen molar-refractivity contribution in [1.29, 1.82) is 0 Å². The lowest BCUT2D eigenvalue weighted by Gasteiger charge is -2.28. The second-order valence-electron chi connectivity index (χ2n) is 9.35. The SMILES string of the molecule is Cc1ccc(C2=C(Nc3ccc(N4CCCCC4)cc3)C(=O)N(Cc3cccnc3)C2=O)c(C)c1. The number of amides is 2. The summed E-state index contributed by atoms with van der Waals surface area (Å²) in [6.45, 7) is 6.32. The molecule has 178 valence electrons. The van der Waals surface area contributed by atoms with Crippen molar-refractivity contribution in [1.82, 2.24) is 9.88 Å². The summed E-state index contributed by atoms with van der Waals surface area (Å²) in [5.74, 6) is -0.618. The van der Waals surface area contributed by atoms with Gasteiger partial charge in [0.15, 0.2) is 0 Å². The fourth-order valence-corrected chi connectivity index (χ4v) is 4.91. The molecular formula is C29H30N4O2. The van der Waals surface area contributed by atoms with Crippen LogP contribution in [0, 0.1) is 13.8 Å². The summed E-state index contributed by atoms with van der Waals surface area (Å²) < 4.78 is 0. The van der Waals surface area contributed by atoms with Crippen LogP contribution in [-0.2, 0) is 16.1 Å². The first-order valence-corrected chi connectivity index (χ1v) is 12.2. The fraction of sp³-hybridized carbons (Fsp3) is 0.276. The van der Waals surface area contributed by atoms with Crippen molar-refractivity contribution in [2.75, 3.05) is 23.3 Å². The normalized spacial score (nSPS) is 16.3. The van der Waals surface area contributed by atoms with Crippen molar-refractivity contribution in [2.45, 2.75) is 39.7 Å². The third kappa shape index (κ3) is 4.69. The third-order valence-corrected chi connectivity index (χ3v) is 6.74. The fourth-order valence-electron chi connectivity index (χ4n) is 4.91. The number of nitrogens with zero attached hydrogens (tertiary/aromatic N) is 3. The van der Waals surface area contributed by atoms with E-state index in [4.69, 9.17) is 0 Å². The molecule has 2 aliphatic rings. The van der Waals surface area contributed by atoms with E-state index in [2.05, 4.69) is 27.3 Å². The van der Waals surface area contributed by atoms with Gasteiger partial charge < -0.3 is 10.2 Å². The van der Waals surface area contributed by atoms with Crippen LogP contribution in [0.5, 0.6) is 0 Å². The van der Waals surface area contributed by atoms with Crippen molar-refractivity contribution in [3.05, 3.63) is 94.9 Å². The first-order valence-electron chi connectivity index (χ1n) is 12.2. The molecule has 2 aromatic carbocycles. The Morgan fingerprint density at radius 2 is 1.69 bits per heavy atom. The monoisotopic (exact) mass is 466 g/mol. The molecule has 2 amide bonds. The minimum atomic E-state index is -0.325. The highest BCUT2D eigenvalue weighted by Gasteiger charge is 2.39. The van der Waals surface area contributed by atoms with E-state index in [-0.39, 0.29) is 18.4 Å². The number of anilines is 2. The highest BCUT2D eigenvalue weighted by atomic mass is 16.2. The number of rotatable bonds is 6. The van der Waals surface area contributed by atoms with Gasteiger partial charge in [-0.05, 0) is 80.1 Å². The smallest absolute Gasteiger partial charge is 0.278 e. The summed E-state index contributed by atoms with van der Waals surface area (Å²) in [6.07, 6.45) is 7.08. The molecule has 0 spiro atoms. The number of hydrogen-bond acceptors (Lipinski definition) is 5. The summed E-state index contributed by atoms with van der Waals surface area (Å²) in [5, 5.41) is 3.29. The summed E-state index contributed by atoms with van der Waals surface area (Å²) >= 11 is 0. The van der Waals surface area contributed by atoms with Crippen LogP contribution in [0.3, 0.4) is 0 Å². The van der Waals surface area contributed by atoms with Crippen LogP contribution in [0.1, 0.15) is 41.5 Å². The molecule has 0 atom stereocenters. The van der Waals surface area contributed by atoms with Crippen LogP contribution in [0.4, 0.5) is 11.4 Å². The predicted octanol–water partition coefficient (Wildman–Crippen LogP) is 5.08. The van der Waals surface area contributed by atoms with E-state index in [1.54, 1.807) is 12.4 Å². The molecule has 1 fully saturated rings. The van der Waals surface area contributed by atoms with Gasteiger partial charge in [-0.25, -0.2) is 0 Å². The van der Waals surface area contributed by atoms with Gasteiger partial charge >= 0.3 is 0 Å². The molecule has 0 aliphatic carbocycles. The van der Waals surface area contributed by atoms with E-state index in [1.807, 2.05) is 56.3 Å². The Morgan fingerprint density at radius 3 is 2.37 bits per heavy atom. The van der Waals surface area contributed by atoms with E-state index in [9.17, 15) is 9.59 Å². The standard InChI is InChI=1S/C29H30N4O2/c1-20-8-13-25(21(2)17-20)26-27(29(35)33(28(26)34)19-22-7-6-14-30-18-22)31-23-9-11-24(12-10-23)32-15-4-3-5-16-32/h6-14,17-18,31H,3-5,15-16,19H2,1-2H3. The van der Waals surface area contributed by atoms with Gasteiger partial charge in [-0.15, -0.1) is 0 Å². The predicted molar refractivity (Wildman–Crippen MR) is 139 cm³/mol. The van der Waals surface area contributed by atoms with Crippen LogP contribution in [0.15, 0.2) is 72.7 Å². The first-order chi connectivity index (χ1) is 17.0. The Morgan fingerprint density at radius 1 is 0.914 bits per heavy atom. The molecule has 0 bridgehead atoms. The molecule has 3 heterocycles. The summed E-state index contributed by atoms with van der Waals surface area (Å²) in [4.78, 5) is 35.0. The number of carbonyl (C=O) groups is 2. The quantitative estimate of drug-likeness (QED) is 0.513. The molecule has 5 rings (SSSR count). The molecule has 2 aliphatic heterocycles. The lowest BCUT2D eigenvalue weighted by molar-refractivity contribution is -0.137.